The second-order valence-electron chi connectivity index (χ2n) is 4.74. The van der Waals surface area contributed by atoms with Crippen LogP contribution in [0, 0.1) is 0 Å². The van der Waals surface area contributed by atoms with Gasteiger partial charge in [0.15, 0.2) is 0 Å². The van der Waals surface area contributed by atoms with Crippen LogP contribution in [0.15, 0.2) is 9.64 Å². The normalized spacial score (nSPS) is 16.6. The minimum atomic E-state index is -0.646. The first-order valence-corrected chi connectivity index (χ1v) is 7.96. The third-order valence-corrected chi connectivity index (χ3v) is 4.07. The van der Waals surface area contributed by atoms with Crippen molar-refractivity contribution in [2.45, 2.75) is 43.6 Å². The minimum Gasteiger partial charge on any atom is -0.459 e. The average Bonchev–Trinajstić information content (AvgIpc) is 2.96. The molecule has 7 nitrogen and oxygen atoms in total. The molecule has 0 bridgehead atoms. The lowest BCUT2D eigenvalue weighted by Crippen LogP contribution is -2.40. The number of likely N-dealkylation sites (tertiary alicyclic amines) is 1. The van der Waals surface area contributed by atoms with Gasteiger partial charge >= 0.3 is 11.9 Å². The van der Waals surface area contributed by atoms with Crippen LogP contribution >= 0.6 is 11.8 Å². The van der Waals surface area contributed by atoms with E-state index >= 15 is 0 Å². The Morgan fingerprint density at radius 3 is 2.71 bits per heavy atom. The van der Waals surface area contributed by atoms with Crippen LogP contribution in [0.25, 0.3) is 0 Å². The number of hydrogen-bond donors (Lipinski definition) is 0. The smallest absolute Gasteiger partial charge is 0.396 e. The van der Waals surface area contributed by atoms with E-state index in [1.165, 1.54) is 6.42 Å². The highest BCUT2D eigenvalue weighted by Crippen LogP contribution is 2.24. The Balaban J connectivity index is 1.91. The van der Waals surface area contributed by atoms with Crippen LogP contribution in [0.5, 0.6) is 0 Å². The molecular formula is C13H19N3O4S. The molecule has 1 aromatic heterocycles. The van der Waals surface area contributed by atoms with Gasteiger partial charge in [0.05, 0.1) is 11.9 Å². The third-order valence-electron chi connectivity index (χ3n) is 3.15. The number of hydrogen-bond acceptors (Lipinski definition) is 7. The first-order valence-electron chi connectivity index (χ1n) is 7.08. The molecule has 0 aromatic carbocycles. The molecule has 116 valence electrons. The van der Waals surface area contributed by atoms with Gasteiger partial charge < -0.3 is 14.1 Å². The maximum Gasteiger partial charge on any atom is 0.396 e. The summed E-state index contributed by atoms with van der Waals surface area (Å²) >= 11 is 1.16. The molecule has 1 atom stereocenters. The molecule has 21 heavy (non-hydrogen) atoms. The lowest BCUT2D eigenvalue weighted by Gasteiger charge is -2.28. The van der Waals surface area contributed by atoms with E-state index in [4.69, 9.17) is 9.15 Å². The monoisotopic (exact) mass is 313 g/mol. The van der Waals surface area contributed by atoms with Crippen LogP contribution in [0.1, 0.15) is 43.8 Å². The quantitative estimate of drug-likeness (QED) is 0.604. The van der Waals surface area contributed by atoms with E-state index in [1.807, 2.05) is 4.90 Å². The fourth-order valence-electron chi connectivity index (χ4n) is 2.11. The summed E-state index contributed by atoms with van der Waals surface area (Å²) in [6, 6.07) is 0. The number of nitrogens with zero attached hydrogens (tertiary/aromatic N) is 3. The van der Waals surface area contributed by atoms with Crippen LogP contribution in [0.4, 0.5) is 0 Å². The van der Waals surface area contributed by atoms with Crippen LogP contribution in [-0.2, 0) is 9.53 Å². The van der Waals surface area contributed by atoms with Gasteiger partial charge in [0.1, 0.15) is 0 Å². The van der Waals surface area contributed by atoms with Crippen molar-refractivity contribution in [1.29, 1.82) is 0 Å². The van der Waals surface area contributed by atoms with Crippen molar-refractivity contribution in [1.82, 2.24) is 15.1 Å². The largest absolute Gasteiger partial charge is 0.459 e. The molecule has 1 aromatic rings. The number of rotatable bonds is 5. The van der Waals surface area contributed by atoms with E-state index in [0.29, 0.717) is 0 Å². The molecule has 1 aliphatic heterocycles. The van der Waals surface area contributed by atoms with Crippen molar-refractivity contribution in [2.75, 3.05) is 19.7 Å². The predicted octanol–water partition coefficient (Wildman–Crippen LogP) is 1.74. The van der Waals surface area contributed by atoms with Crippen molar-refractivity contribution in [3.63, 3.8) is 0 Å². The standard InChI is InChI=1S/C13H19N3O4S/c1-3-19-12(18)10-14-15-13(20-10)21-9(2)11(17)16-7-5-4-6-8-16/h9H,3-8H2,1-2H3. The molecule has 1 unspecified atom stereocenters. The fraction of sp³-hybridized carbons (Fsp3) is 0.692. The first-order chi connectivity index (χ1) is 10.1. The Morgan fingerprint density at radius 2 is 2.05 bits per heavy atom. The number of piperidine rings is 1. The number of amides is 1. The molecule has 0 spiro atoms. The van der Waals surface area contributed by atoms with E-state index in [-0.39, 0.29) is 28.9 Å². The number of thioether (sulfide) groups is 1. The van der Waals surface area contributed by atoms with Gasteiger partial charge in [0.2, 0.25) is 5.91 Å². The molecule has 1 fully saturated rings. The van der Waals surface area contributed by atoms with E-state index in [0.717, 1.165) is 37.7 Å². The summed E-state index contributed by atoms with van der Waals surface area (Å²) < 4.78 is 9.97. The van der Waals surface area contributed by atoms with Gasteiger partial charge in [-0.1, -0.05) is 16.9 Å². The van der Waals surface area contributed by atoms with Gasteiger partial charge in [-0.3, -0.25) is 4.79 Å². The number of carbonyl (C=O) groups is 2. The van der Waals surface area contributed by atoms with Crippen molar-refractivity contribution < 1.29 is 18.7 Å². The van der Waals surface area contributed by atoms with E-state index < -0.39 is 5.97 Å². The zero-order valence-electron chi connectivity index (χ0n) is 12.2. The molecule has 0 aliphatic carbocycles. The molecule has 1 saturated heterocycles. The van der Waals surface area contributed by atoms with Crippen molar-refractivity contribution >= 4 is 23.6 Å². The maximum absolute atomic E-state index is 12.3. The number of aromatic nitrogens is 2. The Morgan fingerprint density at radius 1 is 1.33 bits per heavy atom. The molecular weight excluding hydrogens is 294 g/mol. The molecule has 2 heterocycles. The predicted molar refractivity (Wildman–Crippen MR) is 76.0 cm³/mol. The molecule has 0 N–H and O–H groups in total. The summed E-state index contributed by atoms with van der Waals surface area (Å²) in [4.78, 5) is 25.6. The van der Waals surface area contributed by atoms with Crippen molar-refractivity contribution in [2.24, 2.45) is 0 Å². The van der Waals surface area contributed by atoms with Crippen LogP contribution in [0.3, 0.4) is 0 Å². The van der Waals surface area contributed by atoms with Gasteiger partial charge in [0, 0.05) is 13.1 Å². The summed E-state index contributed by atoms with van der Waals surface area (Å²) in [6.45, 7) is 5.36. The van der Waals surface area contributed by atoms with Crippen LogP contribution in [-0.4, -0.2) is 51.9 Å². The van der Waals surface area contributed by atoms with Gasteiger partial charge in [-0.05, 0) is 33.1 Å². The third kappa shape index (κ3) is 4.20. The highest BCUT2D eigenvalue weighted by Gasteiger charge is 2.25. The Bertz CT molecular complexity index is 499. The minimum absolute atomic E-state index is 0.0654. The first kappa shape index (κ1) is 15.8. The highest BCUT2D eigenvalue weighted by atomic mass is 32.2. The molecule has 0 saturated carbocycles. The topological polar surface area (TPSA) is 85.5 Å². The van der Waals surface area contributed by atoms with Crippen LogP contribution < -0.4 is 0 Å². The molecule has 1 amide bonds. The summed E-state index contributed by atoms with van der Waals surface area (Å²) in [6.07, 6.45) is 3.28. The zero-order valence-corrected chi connectivity index (χ0v) is 13.0. The van der Waals surface area contributed by atoms with Crippen molar-refractivity contribution in [3.8, 4) is 0 Å². The highest BCUT2D eigenvalue weighted by molar-refractivity contribution is 8.00. The zero-order chi connectivity index (χ0) is 15.2. The second-order valence-corrected chi connectivity index (χ2v) is 6.03. The molecule has 0 radical (unpaired) electrons. The van der Waals surface area contributed by atoms with Gasteiger partial charge in [0.25, 0.3) is 5.22 Å². The Hall–Kier alpha value is -1.57. The molecule has 1 aliphatic rings. The number of ether oxygens (including phenoxy) is 1. The lowest BCUT2D eigenvalue weighted by molar-refractivity contribution is -0.131. The van der Waals surface area contributed by atoms with Crippen LogP contribution in [0.2, 0.25) is 0 Å². The average molecular weight is 313 g/mol. The fourth-order valence-corrected chi connectivity index (χ4v) is 2.87. The number of carbonyl (C=O) groups excluding carboxylic acids is 2. The SMILES string of the molecule is CCOC(=O)c1nnc(SC(C)C(=O)N2CCCCC2)o1. The maximum atomic E-state index is 12.3. The summed E-state index contributed by atoms with van der Waals surface area (Å²) in [5.41, 5.74) is 0. The van der Waals surface area contributed by atoms with Gasteiger partial charge in [-0.25, -0.2) is 4.79 Å². The Labute approximate surface area is 127 Å². The summed E-state index contributed by atoms with van der Waals surface area (Å²) in [7, 11) is 0. The molecule has 2 rings (SSSR count). The number of esters is 1. The van der Waals surface area contributed by atoms with E-state index in [2.05, 4.69) is 10.2 Å². The second kappa shape index (κ2) is 7.44. The van der Waals surface area contributed by atoms with Crippen molar-refractivity contribution in [3.05, 3.63) is 5.89 Å². The van der Waals surface area contributed by atoms with E-state index in [1.54, 1.807) is 13.8 Å². The van der Waals surface area contributed by atoms with E-state index in [9.17, 15) is 9.59 Å². The molecule has 8 heteroatoms. The lowest BCUT2D eigenvalue weighted by atomic mass is 10.1. The summed E-state index contributed by atoms with van der Waals surface area (Å²) in [5.74, 6) is -0.764. The van der Waals surface area contributed by atoms with Gasteiger partial charge in [-0.15, -0.1) is 5.10 Å². The summed E-state index contributed by atoms with van der Waals surface area (Å²) in [5, 5.41) is 7.27. The Kier molecular flexibility index (Phi) is 5.60. The van der Waals surface area contributed by atoms with Gasteiger partial charge in [-0.2, -0.15) is 0 Å².